The summed E-state index contributed by atoms with van der Waals surface area (Å²) in [5.41, 5.74) is 0.633. The molecule has 30 heavy (non-hydrogen) atoms. The predicted molar refractivity (Wildman–Crippen MR) is 111 cm³/mol. The van der Waals surface area contributed by atoms with Gasteiger partial charge in [-0.25, -0.2) is 13.2 Å². The van der Waals surface area contributed by atoms with Crippen molar-refractivity contribution in [2.75, 3.05) is 36.2 Å². The SMILES string of the molecule is COC(=O)c1ccccc1NC(=O)[C@H](C)N(c1ccc2c(c1)OCCO2)S(C)(=O)=O. The van der Waals surface area contributed by atoms with Crippen molar-refractivity contribution in [3.8, 4) is 11.5 Å². The number of ether oxygens (including phenoxy) is 3. The number of amides is 1. The first kappa shape index (κ1) is 21.4. The molecule has 1 aliphatic heterocycles. The molecule has 0 radical (unpaired) electrons. The lowest BCUT2D eigenvalue weighted by atomic mass is 10.1. The summed E-state index contributed by atoms with van der Waals surface area (Å²) >= 11 is 0. The fourth-order valence-electron chi connectivity index (χ4n) is 3.10. The number of esters is 1. The lowest BCUT2D eigenvalue weighted by Gasteiger charge is -2.29. The average molecular weight is 434 g/mol. The predicted octanol–water partition coefficient (Wildman–Crippen LogP) is 2.04. The zero-order chi connectivity index (χ0) is 21.9. The smallest absolute Gasteiger partial charge is 0.339 e. The molecule has 0 aliphatic carbocycles. The summed E-state index contributed by atoms with van der Waals surface area (Å²) in [4.78, 5) is 24.8. The second-order valence-corrected chi connectivity index (χ2v) is 8.45. The van der Waals surface area contributed by atoms with E-state index in [4.69, 9.17) is 14.2 Å². The second kappa shape index (κ2) is 8.62. The molecule has 9 nitrogen and oxygen atoms in total. The van der Waals surface area contributed by atoms with Gasteiger partial charge in [0, 0.05) is 6.07 Å². The number of anilines is 2. The van der Waals surface area contributed by atoms with Gasteiger partial charge in [0.2, 0.25) is 15.9 Å². The number of methoxy groups -OCH3 is 1. The maximum Gasteiger partial charge on any atom is 0.339 e. The number of para-hydroxylation sites is 1. The molecule has 0 bridgehead atoms. The quantitative estimate of drug-likeness (QED) is 0.693. The van der Waals surface area contributed by atoms with Gasteiger partial charge in [-0.3, -0.25) is 9.10 Å². The van der Waals surface area contributed by atoms with Crippen LogP contribution >= 0.6 is 0 Å². The Labute approximate surface area is 174 Å². The first-order valence-corrected chi connectivity index (χ1v) is 10.9. The van der Waals surface area contributed by atoms with Gasteiger partial charge in [0.1, 0.15) is 19.3 Å². The minimum Gasteiger partial charge on any atom is -0.486 e. The number of hydrogen-bond donors (Lipinski definition) is 1. The van der Waals surface area contributed by atoms with E-state index in [1.54, 1.807) is 24.3 Å². The standard InChI is InChI=1S/C20H22N2O7S/c1-13(19(23)21-16-7-5-4-6-15(16)20(24)27-2)22(30(3,25)26)14-8-9-17-18(12-14)29-11-10-28-17/h4-9,12-13H,10-11H2,1-3H3,(H,21,23)/t13-/m0/s1. The number of carbonyl (C=O) groups is 2. The van der Waals surface area contributed by atoms with E-state index in [9.17, 15) is 18.0 Å². The van der Waals surface area contributed by atoms with Crippen molar-refractivity contribution in [3.05, 3.63) is 48.0 Å². The largest absolute Gasteiger partial charge is 0.486 e. The molecule has 0 fully saturated rings. The van der Waals surface area contributed by atoms with Crippen LogP contribution in [-0.4, -0.2) is 52.9 Å². The molecule has 1 N–H and O–H groups in total. The lowest BCUT2D eigenvalue weighted by Crippen LogP contribution is -2.45. The van der Waals surface area contributed by atoms with Gasteiger partial charge in [0.15, 0.2) is 11.5 Å². The minimum atomic E-state index is -3.83. The van der Waals surface area contributed by atoms with E-state index in [1.807, 2.05) is 0 Å². The lowest BCUT2D eigenvalue weighted by molar-refractivity contribution is -0.116. The van der Waals surface area contributed by atoms with Crippen molar-refractivity contribution in [1.29, 1.82) is 0 Å². The Kier molecular flexibility index (Phi) is 6.16. The summed E-state index contributed by atoms with van der Waals surface area (Å²) in [5, 5.41) is 2.61. The Morgan fingerprint density at radius 2 is 1.77 bits per heavy atom. The molecule has 0 saturated carbocycles. The summed E-state index contributed by atoms with van der Waals surface area (Å²) in [6, 6.07) is 9.84. The van der Waals surface area contributed by atoms with E-state index in [1.165, 1.54) is 32.2 Å². The fraction of sp³-hybridized carbons (Fsp3) is 0.300. The maximum absolute atomic E-state index is 12.9. The van der Waals surface area contributed by atoms with E-state index in [0.29, 0.717) is 24.7 Å². The number of carbonyl (C=O) groups excluding carboxylic acids is 2. The first-order valence-electron chi connectivity index (χ1n) is 9.09. The van der Waals surface area contributed by atoms with Crippen molar-refractivity contribution in [3.63, 3.8) is 0 Å². The highest BCUT2D eigenvalue weighted by Gasteiger charge is 2.31. The van der Waals surface area contributed by atoms with Crippen LogP contribution in [0.1, 0.15) is 17.3 Å². The summed E-state index contributed by atoms with van der Waals surface area (Å²) < 4.78 is 41.7. The topological polar surface area (TPSA) is 111 Å². The van der Waals surface area contributed by atoms with Gasteiger partial charge in [-0.05, 0) is 31.2 Å². The van der Waals surface area contributed by atoms with Gasteiger partial charge >= 0.3 is 5.97 Å². The average Bonchev–Trinajstić information content (AvgIpc) is 2.72. The molecule has 1 amide bonds. The van der Waals surface area contributed by atoms with Gasteiger partial charge in [-0.2, -0.15) is 0 Å². The second-order valence-electron chi connectivity index (χ2n) is 6.59. The number of nitrogens with zero attached hydrogens (tertiary/aromatic N) is 1. The van der Waals surface area contributed by atoms with Crippen molar-refractivity contribution < 1.29 is 32.2 Å². The van der Waals surface area contributed by atoms with Gasteiger partial charge in [0.25, 0.3) is 0 Å². The van der Waals surface area contributed by atoms with Crippen molar-refractivity contribution in [2.45, 2.75) is 13.0 Å². The molecule has 0 spiro atoms. The molecule has 3 rings (SSSR count). The van der Waals surface area contributed by atoms with Crippen LogP contribution in [0.15, 0.2) is 42.5 Å². The molecular weight excluding hydrogens is 412 g/mol. The van der Waals surface area contributed by atoms with Crippen LogP contribution in [0.2, 0.25) is 0 Å². The number of hydrogen-bond acceptors (Lipinski definition) is 7. The van der Waals surface area contributed by atoms with Crippen molar-refractivity contribution in [1.82, 2.24) is 0 Å². The van der Waals surface area contributed by atoms with Crippen molar-refractivity contribution >= 4 is 33.3 Å². The number of sulfonamides is 1. The van der Waals surface area contributed by atoms with E-state index >= 15 is 0 Å². The van der Waals surface area contributed by atoms with Crippen LogP contribution in [0.3, 0.4) is 0 Å². The number of benzene rings is 2. The number of nitrogens with one attached hydrogen (secondary N) is 1. The van der Waals surface area contributed by atoms with Crippen molar-refractivity contribution in [2.24, 2.45) is 0 Å². The van der Waals surface area contributed by atoms with E-state index in [0.717, 1.165) is 10.6 Å². The molecule has 1 aliphatic rings. The Hall–Kier alpha value is -3.27. The highest BCUT2D eigenvalue weighted by molar-refractivity contribution is 7.92. The number of rotatable bonds is 6. The molecule has 1 atom stereocenters. The summed E-state index contributed by atoms with van der Waals surface area (Å²) in [6.45, 7) is 2.20. The Morgan fingerprint density at radius 3 is 2.43 bits per heavy atom. The molecule has 1 heterocycles. The summed E-state index contributed by atoms with van der Waals surface area (Å²) in [7, 11) is -2.59. The van der Waals surface area contributed by atoms with Crippen LogP contribution < -0.4 is 19.1 Å². The third kappa shape index (κ3) is 4.48. The van der Waals surface area contributed by atoms with E-state index in [-0.39, 0.29) is 16.9 Å². The zero-order valence-corrected chi connectivity index (χ0v) is 17.6. The molecule has 160 valence electrons. The summed E-state index contributed by atoms with van der Waals surface area (Å²) in [6.07, 6.45) is 1.01. The van der Waals surface area contributed by atoms with Crippen LogP contribution in [0, 0.1) is 0 Å². The highest BCUT2D eigenvalue weighted by Crippen LogP contribution is 2.35. The molecule has 0 saturated heterocycles. The maximum atomic E-state index is 12.9. The third-order valence-electron chi connectivity index (χ3n) is 4.46. The van der Waals surface area contributed by atoms with Crippen LogP contribution in [0.25, 0.3) is 0 Å². The number of fused-ring (bicyclic) bond motifs is 1. The Bertz CT molecular complexity index is 1070. The molecule has 2 aromatic carbocycles. The van der Waals surface area contributed by atoms with Gasteiger partial charge < -0.3 is 19.5 Å². The van der Waals surface area contributed by atoms with E-state index < -0.39 is 27.9 Å². The monoisotopic (exact) mass is 434 g/mol. The molecule has 2 aromatic rings. The van der Waals surface area contributed by atoms with Crippen LogP contribution in [0.5, 0.6) is 11.5 Å². The van der Waals surface area contributed by atoms with E-state index in [2.05, 4.69) is 5.32 Å². The van der Waals surface area contributed by atoms with Crippen LogP contribution in [0.4, 0.5) is 11.4 Å². The molecule has 0 aromatic heterocycles. The zero-order valence-electron chi connectivity index (χ0n) is 16.7. The minimum absolute atomic E-state index is 0.158. The van der Waals surface area contributed by atoms with Gasteiger partial charge in [-0.1, -0.05) is 12.1 Å². The first-order chi connectivity index (χ1) is 14.2. The highest BCUT2D eigenvalue weighted by atomic mass is 32.2. The molecular formula is C20H22N2O7S. The Morgan fingerprint density at radius 1 is 1.10 bits per heavy atom. The van der Waals surface area contributed by atoms with Crippen LogP contribution in [-0.2, 0) is 19.6 Å². The molecule has 10 heteroatoms. The van der Waals surface area contributed by atoms with Gasteiger partial charge in [0.05, 0.1) is 30.3 Å². The third-order valence-corrected chi connectivity index (χ3v) is 5.70. The Balaban J connectivity index is 1.91. The summed E-state index contributed by atoms with van der Waals surface area (Å²) in [5.74, 6) is -0.337. The molecule has 0 unspecified atom stereocenters. The fourth-order valence-corrected chi connectivity index (χ4v) is 4.26. The van der Waals surface area contributed by atoms with Gasteiger partial charge in [-0.15, -0.1) is 0 Å². The normalized spacial score (nSPS) is 13.8.